The van der Waals surface area contributed by atoms with Crippen molar-refractivity contribution in [3.8, 4) is 28.1 Å². The summed E-state index contributed by atoms with van der Waals surface area (Å²) in [5.74, 6) is 0. The summed E-state index contributed by atoms with van der Waals surface area (Å²) in [4.78, 5) is 0. The van der Waals surface area contributed by atoms with Crippen LogP contribution >= 0.6 is 0 Å². The molecule has 0 saturated heterocycles. The van der Waals surface area contributed by atoms with Gasteiger partial charge in [0, 0.05) is 11.1 Å². The van der Waals surface area contributed by atoms with Crippen LogP contribution in [0.1, 0.15) is 19.0 Å². The van der Waals surface area contributed by atoms with Crippen molar-refractivity contribution in [3.63, 3.8) is 0 Å². The van der Waals surface area contributed by atoms with Gasteiger partial charge >= 0.3 is 0 Å². The second kappa shape index (κ2) is 7.40. The molecule has 0 saturated carbocycles. The molecule has 2 nitrogen and oxygen atoms in total. The highest BCUT2D eigenvalue weighted by Gasteiger charge is 2.21. The number of aromatic nitrogens is 2. The SMILES string of the molecule is CCCc1nn(-c2ccccc2)c(-c2ccccc2)c1-c1ccccc1. The smallest absolute Gasteiger partial charge is 0.0822 e. The van der Waals surface area contributed by atoms with Gasteiger partial charge in [-0.1, -0.05) is 92.2 Å². The number of hydrogen-bond donors (Lipinski definition) is 0. The average molecular weight is 338 g/mol. The van der Waals surface area contributed by atoms with E-state index in [1.54, 1.807) is 0 Å². The Hall–Kier alpha value is -3.13. The largest absolute Gasteiger partial charge is 0.232 e. The Morgan fingerprint density at radius 3 is 1.81 bits per heavy atom. The van der Waals surface area contributed by atoms with Gasteiger partial charge in [-0.3, -0.25) is 0 Å². The monoisotopic (exact) mass is 338 g/mol. The summed E-state index contributed by atoms with van der Waals surface area (Å²) in [6, 6.07) is 31.6. The van der Waals surface area contributed by atoms with Crippen molar-refractivity contribution in [1.82, 2.24) is 9.78 Å². The molecule has 1 aromatic heterocycles. The van der Waals surface area contributed by atoms with Gasteiger partial charge in [-0.05, 0) is 24.1 Å². The van der Waals surface area contributed by atoms with Crippen molar-refractivity contribution in [2.24, 2.45) is 0 Å². The number of nitrogens with zero attached hydrogens (tertiary/aromatic N) is 2. The molecular formula is C24H22N2. The quantitative estimate of drug-likeness (QED) is 0.426. The summed E-state index contributed by atoms with van der Waals surface area (Å²) in [5, 5.41) is 5.04. The van der Waals surface area contributed by atoms with Crippen molar-refractivity contribution in [1.29, 1.82) is 0 Å². The van der Waals surface area contributed by atoms with Crippen LogP contribution in [0, 0.1) is 0 Å². The fourth-order valence-electron chi connectivity index (χ4n) is 3.40. The molecule has 1 heterocycles. The highest BCUT2D eigenvalue weighted by atomic mass is 15.3. The summed E-state index contributed by atoms with van der Waals surface area (Å²) in [7, 11) is 0. The predicted molar refractivity (Wildman–Crippen MR) is 108 cm³/mol. The van der Waals surface area contributed by atoms with Gasteiger partial charge < -0.3 is 0 Å². The molecule has 4 aromatic rings. The molecule has 0 fully saturated rings. The summed E-state index contributed by atoms with van der Waals surface area (Å²) in [6.45, 7) is 2.21. The normalized spacial score (nSPS) is 10.8. The van der Waals surface area contributed by atoms with Crippen LogP contribution < -0.4 is 0 Å². The molecule has 0 aliphatic rings. The van der Waals surface area contributed by atoms with E-state index in [4.69, 9.17) is 5.10 Å². The number of rotatable bonds is 5. The van der Waals surface area contributed by atoms with Gasteiger partial charge in [0.15, 0.2) is 0 Å². The molecule has 0 N–H and O–H groups in total. The van der Waals surface area contributed by atoms with E-state index >= 15 is 0 Å². The first-order chi connectivity index (χ1) is 12.9. The van der Waals surface area contributed by atoms with Gasteiger partial charge in [0.05, 0.1) is 17.1 Å². The first-order valence-corrected chi connectivity index (χ1v) is 9.16. The summed E-state index contributed by atoms with van der Waals surface area (Å²) < 4.78 is 2.10. The zero-order valence-corrected chi connectivity index (χ0v) is 15.0. The lowest BCUT2D eigenvalue weighted by molar-refractivity contribution is 0.810. The molecule has 4 rings (SSSR count). The Bertz CT molecular complexity index is 971. The third-order valence-corrected chi connectivity index (χ3v) is 4.56. The van der Waals surface area contributed by atoms with Crippen LogP contribution in [0.3, 0.4) is 0 Å². The lowest BCUT2D eigenvalue weighted by Gasteiger charge is -2.10. The molecule has 3 aromatic carbocycles. The first kappa shape index (κ1) is 16.3. The van der Waals surface area contributed by atoms with E-state index in [1.807, 2.05) is 6.07 Å². The van der Waals surface area contributed by atoms with Crippen LogP contribution in [-0.2, 0) is 6.42 Å². The molecule has 0 aliphatic heterocycles. The minimum absolute atomic E-state index is 0.962. The zero-order chi connectivity index (χ0) is 17.8. The van der Waals surface area contributed by atoms with Crippen molar-refractivity contribution < 1.29 is 0 Å². The van der Waals surface area contributed by atoms with Gasteiger partial charge in [0.25, 0.3) is 0 Å². The van der Waals surface area contributed by atoms with Crippen LogP contribution in [0.5, 0.6) is 0 Å². The second-order valence-electron chi connectivity index (χ2n) is 6.40. The summed E-state index contributed by atoms with van der Waals surface area (Å²) >= 11 is 0. The fraction of sp³-hybridized carbons (Fsp3) is 0.125. The molecule has 0 radical (unpaired) electrons. The van der Waals surface area contributed by atoms with Gasteiger partial charge in [0.2, 0.25) is 0 Å². The molecule has 0 amide bonds. The van der Waals surface area contributed by atoms with Crippen LogP contribution in [0.25, 0.3) is 28.1 Å². The van der Waals surface area contributed by atoms with Crippen LogP contribution in [0.4, 0.5) is 0 Å². The van der Waals surface area contributed by atoms with E-state index in [1.165, 1.54) is 16.7 Å². The van der Waals surface area contributed by atoms with Gasteiger partial charge in [-0.15, -0.1) is 0 Å². The van der Waals surface area contributed by atoms with Gasteiger partial charge in [0.1, 0.15) is 0 Å². The number of hydrogen-bond acceptors (Lipinski definition) is 1. The Kier molecular flexibility index (Phi) is 4.65. The molecule has 0 spiro atoms. The molecule has 26 heavy (non-hydrogen) atoms. The first-order valence-electron chi connectivity index (χ1n) is 9.16. The highest BCUT2D eigenvalue weighted by molar-refractivity contribution is 5.84. The fourth-order valence-corrected chi connectivity index (χ4v) is 3.40. The van der Waals surface area contributed by atoms with E-state index < -0.39 is 0 Å². The van der Waals surface area contributed by atoms with Crippen molar-refractivity contribution >= 4 is 0 Å². The van der Waals surface area contributed by atoms with Crippen LogP contribution in [-0.4, -0.2) is 9.78 Å². The maximum absolute atomic E-state index is 5.04. The number of para-hydroxylation sites is 1. The third kappa shape index (κ3) is 3.06. The molecular weight excluding hydrogens is 316 g/mol. The van der Waals surface area contributed by atoms with Crippen molar-refractivity contribution in [2.45, 2.75) is 19.8 Å². The third-order valence-electron chi connectivity index (χ3n) is 4.56. The molecule has 0 unspecified atom stereocenters. The van der Waals surface area contributed by atoms with Crippen LogP contribution in [0.2, 0.25) is 0 Å². The van der Waals surface area contributed by atoms with Crippen molar-refractivity contribution in [3.05, 3.63) is 96.7 Å². The predicted octanol–water partition coefficient (Wildman–Crippen LogP) is 6.16. The lowest BCUT2D eigenvalue weighted by Crippen LogP contribution is -1.99. The van der Waals surface area contributed by atoms with Crippen LogP contribution in [0.15, 0.2) is 91.0 Å². The molecule has 0 bridgehead atoms. The zero-order valence-electron chi connectivity index (χ0n) is 15.0. The topological polar surface area (TPSA) is 17.8 Å². The number of aryl methyl sites for hydroxylation is 1. The molecule has 128 valence electrons. The minimum atomic E-state index is 0.962. The average Bonchev–Trinajstić information content (AvgIpc) is 3.09. The maximum atomic E-state index is 5.04. The van der Waals surface area contributed by atoms with E-state index in [9.17, 15) is 0 Å². The standard InChI is InChI=1S/C24H22N2/c1-2-12-22-23(19-13-6-3-7-14-19)24(20-15-8-4-9-16-20)26(25-22)21-17-10-5-11-18-21/h3-11,13-18H,2,12H2,1H3. The molecule has 0 aliphatic carbocycles. The number of benzene rings is 3. The maximum Gasteiger partial charge on any atom is 0.0822 e. The Morgan fingerprint density at radius 2 is 1.23 bits per heavy atom. The lowest BCUT2D eigenvalue weighted by atomic mass is 9.97. The van der Waals surface area contributed by atoms with E-state index in [0.717, 1.165) is 29.9 Å². The van der Waals surface area contributed by atoms with Crippen molar-refractivity contribution in [2.75, 3.05) is 0 Å². The highest BCUT2D eigenvalue weighted by Crippen LogP contribution is 2.37. The Labute approximate surface area is 154 Å². The molecule has 2 heteroatoms. The molecule has 0 atom stereocenters. The van der Waals surface area contributed by atoms with E-state index in [-0.39, 0.29) is 0 Å². The van der Waals surface area contributed by atoms with E-state index in [0.29, 0.717) is 0 Å². The summed E-state index contributed by atoms with van der Waals surface area (Å²) in [6.07, 6.45) is 2.03. The van der Waals surface area contributed by atoms with Gasteiger partial charge in [-0.25, -0.2) is 4.68 Å². The van der Waals surface area contributed by atoms with Gasteiger partial charge in [-0.2, -0.15) is 5.10 Å². The minimum Gasteiger partial charge on any atom is -0.232 e. The Morgan fingerprint density at radius 1 is 0.692 bits per heavy atom. The Balaban J connectivity index is 2.04. The van der Waals surface area contributed by atoms with E-state index in [2.05, 4.69) is 96.5 Å². The second-order valence-corrected chi connectivity index (χ2v) is 6.40. The summed E-state index contributed by atoms with van der Waals surface area (Å²) in [5.41, 5.74) is 7.04.